The first kappa shape index (κ1) is 22.6. The molecule has 0 aliphatic carbocycles. The van der Waals surface area contributed by atoms with Gasteiger partial charge in [0.05, 0.1) is 0 Å². The summed E-state index contributed by atoms with van der Waals surface area (Å²) in [6, 6.07) is 19.5. The Morgan fingerprint density at radius 2 is 1.55 bits per heavy atom. The molecular formula is C29H42N2. The highest BCUT2D eigenvalue weighted by Gasteiger charge is 2.35. The fourth-order valence-electron chi connectivity index (χ4n) is 5.68. The summed E-state index contributed by atoms with van der Waals surface area (Å²) in [6.45, 7) is 15.3. The number of likely N-dealkylation sites (tertiary alicyclic amines) is 1. The first-order chi connectivity index (χ1) is 14.6. The Kier molecular flexibility index (Phi) is 6.34. The van der Waals surface area contributed by atoms with Gasteiger partial charge in [-0.1, -0.05) is 83.1 Å². The monoisotopic (exact) mass is 418 g/mol. The van der Waals surface area contributed by atoms with Crippen LogP contribution in [0.4, 0.5) is 0 Å². The number of hydrogen-bond donors (Lipinski definition) is 1. The highest BCUT2D eigenvalue weighted by molar-refractivity contribution is 5.34. The molecule has 1 N–H and O–H groups in total. The Balaban J connectivity index is 1.47. The standard InChI is InChI=1S/C29H42N2/c1-28(2,3)25-11-7-10-22(15-25)24-17-27(31(6)20-24)18-29(4,5)26-12-8-9-21(16-26)23-13-14-30-19-23/h7-12,15-16,23-24,27,30H,13-14,17-20H2,1-6H3. The first-order valence-electron chi connectivity index (χ1n) is 12.3. The SMILES string of the molecule is CN1CC(c2cccc(C(C)(C)C)c2)CC1CC(C)(C)c1cccc(C2CCNC2)c1. The first-order valence-corrected chi connectivity index (χ1v) is 12.3. The number of benzene rings is 2. The molecule has 2 aromatic carbocycles. The molecule has 2 aromatic rings. The van der Waals surface area contributed by atoms with Gasteiger partial charge in [0.25, 0.3) is 0 Å². The minimum absolute atomic E-state index is 0.184. The zero-order valence-corrected chi connectivity index (χ0v) is 20.5. The van der Waals surface area contributed by atoms with Crippen LogP contribution < -0.4 is 5.32 Å². The van der Waals surface area contributed by atoms with Crippen LogP contribution in [0, 0.1) is 0 Å². The molecule has 0 spiro atoms. The molecule has 2 heterocycles. The fourth-order valence-corrected chi connectivity index (χ4v) is 5.68. The lowest BCUT2D eigenvalue weighted by Crippen LogP contribution is -2.32. The van der Waals surface area contributed by atoms with Gasteiger partial charge in [0.2, 0.25) is 0 Å². The molecule has 4 rings (SSSR count). The van der Waals surface area contributed by atoms with Gasteiger partial charge in [-0.25, -0.2) is 0 Å². The van der Waals surface area contributed by atoms with Crippen molar-refractivity contribution in [3.8, 4) is 0 Å². The van der Waals surface area contributed by atoms with Crippen LogP contribution in [0.5, 0.6) is 0 Å². The summed E-state index contributed by atoms with van der Waals surface area (Å²) in [4.78, 5) is 2.61. The second-order valence-corrected chi connectivity index (χ2v) is 11.8. The van der Waals surface area contributed by atoms with Gasteiger partial charge >= 0.3 is 0 Å². The van der Waals surface area contributed by atoms with Crippen molar-refractivity contribution in [2.45, 2.75) is 82.6 Å². The molecule has 2 aliphatic rings. The molecule has 0 amide bonds. The van der Waals surface area contributed by atoms with Crippen LogP contribution in [0.2, 0.25) is 0 Å². The largest absolute Gasteiger partial charge is 0.316 e. The van der Waals surface area contributed by atoms with E-state index in [1.54, 1.807) is 0 Å². The third-order valence-corrected chi connectivity index (χ3v) is 7.86. The zero-order valence-electron chi connectivity index (χ0n) is 20.5. The zero-order chi connectivity index (χ0) is 22.2. The van der Waals surface area contributed by atoms with Gasteiger partial charge in [-0.05, 0) is 77.8 Å². The average Bonchev–Trinajstić information content (AvgIpc) is 3.38. The van der Waals surface area contributed by atoms with Crippen LogP contribution in [0.1, 0.15) is 88.0 Å². The van der Waals surface area contributed by atoms with Gasteiger partial charge in [0, 0.05) is 19.1 Å². The van der Waals surface area contributed by atoms with Gasteiger partial charge in [-0.2, -0.15) is 0 Å². The molecule has 2 fully saturated rings. The third-order valence-electron chi connectivity index (χ3n) is 7.86. The van der Waals surface area contributed by atoms with Crippen LogP contribution in [-0.4, -0.2) is 37.6 Å². The molecule has 168 valence electrons. The molecule has 3 atom stereocenters. The molecule has 0 aromatic heterocycles. The maximum Gasteiger partial charge on any atom is 0.0107 e. The van der Waals surface area contributed by atoms with Crippen molar-refractivity contribution in [3.05, 3.63) is 70.8 Å². The summed E-state index contributed by atoms with van der Waals surface area (Å²) in [7, 11) is 2.33. The second kappa shape index (κ2) is 8.71. The van der Waals surface area contributed by atoms with E-state index in [9.17, 15) is 0 Å². The lowest BCUT2D eigenvalue weighted by atomic mass is 9.76. The lowest BCUT2D eigenvalue weighted by molar-refractivity contribution is 0.254. The number of rotatable bonds is 5. The van der Waals surface area contributed by atoms with E-state index in [0.717, 1.165) is 13.1 Å². The Bertz CT molecular complexity index is 886. The summed E-state index contributed by atoms with van der Waals surface area (Å²) in [6.07, 6.45) is 3.75. The smallest absolute Gasteiger partial charge is 0.0107 e. The van der Waals surface area contributed by atoms with E-state index in [4.69, 9.17) is 0 Å². The van der Waals surface area contributed by atoms with E-state index in [2.05, 4.69) is 100 Å². The molecule has 2 nitrogen and oxygen atoms in total. The summed E-state index contributed by atoms with van der Waals surface area (Å²) in [5.74, 6) is 1.33. The van der Waals surface area contributed by atoms with Gasteiger partial charge in [-0.15, -0.1) is 0 Å². The van der Waals surface area contributed by atoms with Crippen molar-refractivity contribution in [1.29, 1.82) is 0 Å². The molecule has 2 saturated heterocycles. The highest BCUT2D eigenvalue weighted by Crippen LogP contribution is 2.39. The third kappa shape index (κ3) is 5.07. The normalized spacial score (nSPS) is 25.3. The van der Waals surface area contributed by atoms with Crippen molar-refractivity contribution in [2.75, 3.05) is 26.7 Å². The van der Waals surface area contributed by atoms with Crippen LogP contribution in [0.3, 0.4) is 0 Å². The molecule has 0 bridgehead atoms. The molecule has 3 unspecified atom stereocenters. The van der Waals surface area contributed by atoms with Crippen LogP contribution in [0.25, 0.3) is 0 Å². The molecule has 0 saturated carbocycles. The van der Waals surface area contributed by atoms with Gasteiger partial charge in [0.15, 0.2) is 0 Å². The predicted octanol–water partition coefficient (Wildman–Crippen LogP) is 6.22. The summed E-state index contributed by atoms with van der Waals surface area (Å²) in [5.41, 5.74) is 6.39. The predicted molar refractivity (Wildman–Crippen MR) is 133 cm³/mol. The van der Waals surface area contributed by atoms with Gasteiger partial charge in [-0.3, -0.25) is 0 Å². The number of likely N-dealkylation sites (N-methyl/N-ethyl adjacent to an activating group) is 1. The Hall–Kier alpha value is -1.64. The van der Waals surface area contributed by atoms with Crippen molar-refractivity contribution < 1.29 is 0 Å². The van der Waals surface area contributed by atoms with E-state index in [-0.39, 0.29) is 10.8 Å². The summed E-state index contributed by atoms with van der Waals surface area (Å²) < 4.78 is 0. The fraction of sp³-hybridized carbons (Fsp3) is 0.586. The quantitative estimate of drug-likeness (QED) is 0.620. The Morgan fingerprint density at radius 1 is 0.903 bits per heavy atom. The van der Waals surface area contributed by atoms with Crippen molar-refractivity contribution in [1.82, 2.24) is 10.2 Å². The number of hydrogen-bond acceptors (Lipinski definition) is 2. The number of nitrogens with zero attached hydrogens (tertiary/aromatic N) is 1. The molecule has 2 aliphatic heterocycles. The summed E-state index contributed by atoms with van der Waals surface area (Å²) >= 11 is 0. The Morgan fingerprint density at radius 3 is 2.19 bits per heavy atom. The second-order valence-electron chi connectivity index (χ2n) is 11.8. The van der Waals surface area contributed by atoms with E-state index in [1.807, 2.05) is 0 Å². The average molecular weight is 419 g/mol. The lowest BCUT2D eigenvalue weighted by Gasteiger charge is -2.32. The summed E-state index contributed by atoms with van der Waals surface area (Å²) in [5, 5.41) is 3.52. The molecule has 0 radical (unpaired) electrons. The van der Waals surface area contributed by atoms with E-state index in [0.29, 0.717) is 17.9 Å². The maximum atomic E-state index is 3.52. The van der Waals surface area contributed by atoms with Crippen molar-refractivity contribution in [3.63, 3.8) is 0 Å². The van der Waals surface area contributed by atoms with Crippen molar-refractivity contribution in [2.24, 2.45) is 0 Å². The van der Waals surface area contributed by atoms with Crippen LogP contribution in [0.15, 0.2) is 48.5 Å². The minimum atomic E-state index is 0.184. The topological polar surface area (TPSA) is 15.3 Å². The number of nitrogens with one attached hydrogen (secondary N) is 1. The van der Waals surface area contributed by atoms with Crippen molar-refractivity contribution >= 4 is 0 Å². The maximum absolute atomic E-state index is 3.52. The Labute approximate surface area is 190 Å². The molecule has 2 heteroatoms. The van der Waals surface area contributed by atoms with E-state index >= 15 is 0 Å². The molecular weight excluding hydrogens is 376 g/mol. The van der Waals surface area contributed by atoms with Gasteiger partial charge < -0.3 is 10.2 Å². The van der Waals surface area contributed by atoms with E-state index in [1.165, 1.54) is 48.1 Å². The van der Waals surface area contributed by atoms with E-state index < -0.39 is 0 Å². The van der Waals surface area contributed by atoms with Crippen LogP contribution in [-0.2, 0) is 10.8 Å². The van der Waals surface area contributed by atoms with Crippen LogP contribution >= 0.6 is 0 Å². The van der Waals surface area contributed by atoms with Gasteiger partial charge in [0.1, 0.15) is 0 Å². The minimum Gasteiger partial charge on any atom is -0.316 e. The highest BCUT2D eigenvalue weighted by atomic mass is 15.2. The molecule has 31 heavy (non-hydrogen) atoms.